The number of hydrogen-bond donors (Lipinski definition) is 1. The second-order valence-corrected chi connectivity index (χ2v) is 4.15. The largest absolute Gasteiger partial charge is 0.326 e. The van der Waals surface area contributed by atoms with Gasteiger partial charge in [-0.05, 0) is 17.7 Å². The Balaban J connectivity index is 2.15. The lowest BCUT2D eigenvalue weighted by Gasteiger charge is -2.04. The molecule has 0 bridgehead atoms. The van der Waals surface area contributed by atoms with Crippen molar-refractivity contribution in [2.45, 2.75) is 6.54 Å². The Morgan fingerprint density at radius 2 is 1.78 bits per heavy atom. The van der Waals surface area contributed by atoms with E-state index in [0.717, 1.165) is 27.9 Å². The third-order valence-electron chi connectivity index (χ3n) is 2.91. The first kappa shape index (κ1) is 10.9. The molecular weight excluding hydrogens is 222 g/mol. The Morgan fingerprint density at radius 3 is 2.56 bits per heavy atom. The van der Waals surface area contributed by atoms with Crippen LogP contribution in [0, 0.1) is 0 Å². The van der Waals surface area contributed by atoms with Crippen molar-refractivity contribution < 1.29 is 0 Å². The van der Waals surface area contributed by atoms with E-state index in [1.165, 1.54) is 0 Å². The third kappa shape index (κ3) is 1.96. The van der Waals surface area contributed by atoms with Gasteiger partial charge in [-0.15, -0.1) is 0 Å². The van der Waals surface area contributed by atoms with E-state index in [9.17, 15) is 0 Å². The van der Waals surface area contributed by atoms with Crippen molar-refractivity contribution in [3.63, 3.8) is 0 Å². The summed E-state index contributed by atoms with van der Waals surface area (Å²) in [4.78, 5) is 9.07. The molecule has 0 unspecified atom stereocenters. The minimum Gasteiger partial charge on any atom is -0.326 e. The summed E-state index contributed by atoms with van der Waals surface area (Å²) >= 11 is 0. The summed E-state index contributed by atoms with van der Waals surface area (Å²) in [5, 5.41) is 0. The van der Waals surface area contributed by atoms with Crippen LogP contribution in [0.25, 0.3) is 22.3 Å². The highest BCUT2D eigenvalue weighted by molar-refractivity contribution is 5.77. The van der Waals surface area contributed by atoms with Crippen LogP contribution >= 0.6 is 0 Å². The second-order valence-electron chi connectivity index (χ2n) is 4.15. The predicted octanol–water partition coefficient (Wildman–Crippen LogP) is 2.76. The summed E-state index contributed by atoms with van der Waals surface area (Å²) < 4.78 is 0. The number of rotatable bonds is 2. The van der Waals surface area contributed by atoms with Gasteiger partial charge in [0.05, 0.1) is 22.9 Å². The van der Waals surface area contributed by atoms with Crippen molar-refractivity contribution in [1.29, 1.82) is 0 Å². The fourth-order valence-corrected chi connectivity index (χ4v) is 1.93. The zero-order chi connectivity index (χ0) is 12.4. The van der Waals surface area contributed by atoms with Gasteiger partial charge in [0.15, 0.2) is 0 Å². The first-order chi connectivity index (χ1) is 8.86. The van der Waals surface area contributed by atoms with Crippen LogP contribution in [-0.4, -0.2) is 9.97 Å². The number of benzene rings is 2. The first-order valence-electron chi connectivity index (χ1n) is 5.88. The molecule has 0 aliphatic carbocycles. The van der Waals surface area contributed by atoms with Gasteiger partial charge in [-0.1, -0.05) is 36.4 Å². The van der Waals surface area contributed by atoms with Gasteiger partial charge in [0.25, 0.3) is 0 Å². The topological polar surface area (TPSA) is 51.8 Å². The Morgan fingerprint density at radius 1 is 0.944 bits per heavy atom. The van der Waals surface area contributed by atoms with E-state index >= 15 is 0 Å². The molecule has 0 spiro atoms. The maximum Gasteiger partial charge on any atom is 0.0897 e. The van der Waals surface area contributed by atoms with E-state index in [-0.39, 0.29) is 0 Å². The standard InChI is InChI=1S/C15H13N3/c16-9-11-6-7-13-14(8-11)18-15(10-17-13)12-4-2-1-3-5-12/h1-8,10H,9,16H2. The van der Waals surface area contributed by atoms with E-state index in [2.05, 4.69) is 9.97 Å². The molecule has 3 aromatic rings. The van der Waals surface area contributed by atoms with E-state index < -0.39 is 0 Å². The Bertz CT molecular complexity index is 678. The molecule has 3 heteroatoms. The highest BCUT2D eigenvalue weighted by atomic mass is 14.8. The molecule has 0 saturated carbocycles. The zero-order valence-corrected chi connectivity index (χ0v) is 9.88. The molecule has 0 aliphatic rings. The number of aromatic nitrogens is 2. The van der Waals surface area contributed by atoms with Crippen LogP contribution in [0.5, 0.6) is 0 Å². The van der Waals surface area contributed by atoms with Gasteiger partial charge in [0, 0.05) is 12.1 Å². The second kappa shape index (κ2) is 4.55. The molecule has 18 heavy (non-hydrogen) atoms. The van der Waals surface area contributed by atoms with E-state index in [0.29, 0.717) is 6.54 Å². The molecule has 88 valence electrons. The van der Waals surface area contributed by atoms with Crippen LogP contribution in [-0.2, 0) is 6.54 Å². The molecule has 0 radical (unpaired) electrons. The van der Waals surface area contributed by atoms with Gasteiger partial charge in [0.2, 0.25) is 0 Å². The Labute approximate surface area is 105 Å². The fourth-order valence-electron chi connectivity index (χ4n) is 1.93. The zero-order valence-electron chi connectivity index (χ0n) is 9.88. The van der Waals surface area contributed by atoms with Crippen molar-refractivity contribution in [1.82, 2.24) is 9.97 Å². The van der Waals surface area contributed by atoms with Crippen molar-refractivity contribution in [3.8, 4) is 11.3 Å². The molecule has 3 rings (SSSR count). The van der Waals surface area contributed by atoms with Crippen molar-refractivity contribution in [2.24, 2.45) is 5.73 Å². The molecule has 0 saturated heterocycles. The predicted molar refractivity (Wildman–Crippen MR) is 72.9 cm³/mol. The normalized spacial score (nSPS) is 10.7. The van der Waals surface area contributed by atoms with Gasteiger partial charge in [-0.2, -0.15) is 0 Å². The molecule has 0 aliphatic heterocycles. The summed E-state index contributed by atoms with van der Waals surface area (Å²) in [5.41, 5.74) is 10.5. The molecular formula is C15H13N3. The Kier molecular flexibility index (Phi) is 2.74. The van der Waals surface area contributed by atoms with Gasteiger partial charge >= 0.3 is 0 Å². The van der Waals surface area contributed by atoms with Crippen LogP contribution in [0.3, 0.4) is 0 Å². The molecule has 1 aromatic heterocycles. The smallest absolute Gasteiger partial charge is 0.0897 e. The van der Waals surface area contributed by atoms with Crippen LogP contribution in [0.2, 0.25) is 0 Å². The van der Waals surface area contributed by atoms with Gasteiger partial charge in [0.1, 0.15) is 0 Å². The SMILES string of the molecule is NCc1ccc2ncc(-c3ccccc3)nc2c1. The van der Waals surface area contributed by atoms with Crippen molar-refractivity contribution >= 4 is 11.0 Å². The van der Waals surface area contributed by atoms with E-state index in [1.54, 1.807) is 6.20 Å². The number of fused-ring (bicyclic) bond motifs is 1. The van der Waals surface area contributed by atoms with Crippen LogP contribution in [0.15, 0.2) is 54.7 Å². The minimum atomic E-state index is 0.521. The number of nitrogens with zero attached hydrogens (tertiary/aromatic N) is 2. The summed E-state index contributed by atoms with van der Waals surface area (Å²) in [6.07, 6.45) is 1.81. The fraction of sp³-hybridized carbons (Fsp3) is 0.0667. The van der Waals surface area contributed by atoms with Gasteiger partial charge in [-0.25, -0.2) is 4.98 Å². The lowest BCUT2D eigenvalue weighted by atomic mass is 10.1. The van der Waals surface area contributed by atoms with E-state index in [4.69, 9.17) is 5.73 Å². The van der Waals surface area contributed by atoms with Crippen molar-refractivity contribution in [2.75, 3.05) is 0 Å². The van der Waals surface area contributed by atoms with Gasteiger partial charge in [-0.3, -0.25) is 4.98 Å². The van der Waals surface area contributed by atoms with Crippen molar-refractivity contribution in [3.05, 3.63) is 60.3 Å². The van der Waals surface area contributed by atoms with Crippen LogP contribution in [0.1, 0.15) is 5.56 Å². The van der Waals surface area contributed by atoms with E-state index in [1.807, 2.05) is 48.5 Å². The molecule has 0 atom stereocenters. The Hall–Kier alpha value is -2.26. The molecule has 3 nitrogen and oxygen atoms in total. The summed E-state index contributed by atoms with van der Waals surface area (Å²) in [7, 11) is 0. The van der Waals surface area contributed by atoms with Crippen LogP contribution < -0.4 is 5.73 Å². The number of nitrogens with two attached hydrogens (primary N) is 1. The minimum absolute atomic E-state index is 0.521. The quantitative estimate of drug-likeness (QED) is 0.743. The maximum absolute atomic E-state index is 5.64. The maximum atomic E-state index is 5.64. The average Bonchev–Trinajstić information content (AvgIpc) is 2.47. The van der Waals surface area contributed by atoms with Gasteiger partial charge < -0.3 is 5.73 Å². The molecule has 1 heterocycles. The molecule has 2 N–H and O–H groups in total. The summed E-state index contributed by atoms with van der Waals surface area (Å²) in [5.74, 6) is 0. The average molecular weight is 235 g/mol. The summed E-state index contributed by atoms with van der Waals surface area (Å²) in [6.45, 7) is 0.521. The first-order valence-corrected chi connectivity index (χ1v) is 5.88. The highest BCUT2D eigenvalue weighted by Gasteiger charge is 2.02. The monoisotopic (exact) mass is 235 g/mol. The summed E-state index contributed by atoms with van der Waals surface area (Å²) in [6, 6.07) is 16.0. The molecule has 0 fully saturated rings. The van der Waals surface area contributed by atoms with Crippen LogP contribution in [0.4, 0.5) is 0 Å². The lowest BCUT2D eigenvalue weighted by Crippen LogP contribution is -1.97. The molecule has 2 aromatic carbocycles. The highest BCUT2D eigenvalue weighted by Crippen LogP contribution is 2.19. The number of hydrogen-bond acceptors (Lipinski definition) is 3. The molecule has 0 amide bonds. The third-order valence-corrected chi connectivity index (χ3v) is 2.91. The lowest BCUT2D eigenvalue weighted by molar-refractivity contribution is 1.07.